The molecule has 1 amide bonds. The van der Waals surface area contributed by atoms with Crippen LogP contribution >= 0.6 is 24.0 Å². The van der Waals surface area contributed by atoms with Gasteiger partial charge in [-0.3, -0.25) is 9.69 Å². The third-order valence-electron chi connectivity index (χ3n) is 4.03. The lowest BCUT2D eigenvalue weighted by molar-refractivity contribution is -0.122. The highest BCUT2D eigenvalue weighted by atomic mass is 32.2. The summed E-state index contributed by atoms with van der Waals surface area (Å²) >= 11 is 6.74. The zero-order chi connectivity index (χ0) is 16.8. The molecule has 1 atom stereocenters. The zero-order valence-corrected chi connectivity index (χ0v) is 15.3. The lowest BCUT2D eigenvalue weighted by atomic mass is 9.99. The second-order valence-electron chi connectivity index (χ2n) is 5.80. The first kappa shape index (κ1) is 18.0. The number of amides is 1. The molecule has 0 bridgehead atoms. The van der Waals surface area contributed by atoms with E-state index in [1.54, 1.807) is 29.2 Å². The van der Waals surface area contributed by atoms with Crippen LogP contribution in [0.4, 0.5) is 0 Å². The lowest BCUT2D eigenvalue weighted by Gasteiger charge is -2.21. The summed E-state index contributed by atoms with van der Waals surface area (Å²) in [6.45, 7) is 5.06. The van der Waals surface area contributed by atoms with Gasteiger partial charge in [0, 0.05) is 6.54 Å². The topological polar surface area (TPSA) is 40.5 Å². The van der Waals surface area contributed by atoms with Crippen molar-refractivity contribution in [3.05, 3.63) is 34.7 Å². The first-order valence-corrected chi connectivity index (χ1v) is 9.32. The highest BCUT2D eigenvalue weighted by Crippen LogP contribution is 2.34. The number of rotatable bonds is 7. The maximum atomic E-state index is 12.6. The van der Waals surface area contributed by atoms with Crippen molar-refractivity contribution in [1.29, 1.82) is 0 Å². The van der Waals surface area contributed by atoms with Crippen LogP contribution in [0.3, 0.4) is 0 Å². The van der Waals surface area contributed by atoms with Gasteiger partial charge in [0.1, 0.15) is 10.1 Å². The molecule has 1 aliphatic rings. The second kappa shape index (κ2) is 8.50. The van der Waals surface area contributed by atoms with Crippen LogP contribution in [-0.4, -0.2) is 26.8 Å². The van der Waals surface area contributed by atoms with E-state index in [2.05, 4.69) is 13.8 Å². The fourth-order valence-corrected chi connectivity index (χ4v) is 3.87. The molecule has 2 rings (SSSR count). The molecular weight excluding hydrogens is 326 g/mol. The van der Waals surface area contributed by atoms with Gasteiger partial charge in [-0.2, -0.15) is 0 Å². The summed E-state index contributed by atoms with van der Waals surface area (Å²) in [4.78, 5) is 15.0. The van der Waals surface area contributed by atoms with Crippen molar-refractivity contribution >= 4 is 40.3 Å². The van der Waals surface area contributed by atoms with Crippen molar-refractivity contribution in [3.8, 4) is 5.75 Å². The summed E-state index contributed by atoms with van der Waals surface area (Å²) in [5.41, 5.74) is 0.809. The van der Waals surface area contributed by atoms with E-state index >= 15 is 0 Å². The second-order valence-corrected chi connectivity index (χ2v) is 7.48. The van der Waals surface area contributed by atoms with Gasteiger partial charge in [0.25, 0.3) is 5.91 Å². The molecule has 0 spiro atoms. The first-order valence-electron chi connectivity index (χ1n) is 8.09. The van der Waals surface area contributed by atoms with Crippen molar-refractivity contribution in [2.75, 3.05) is 6.54 Å². The van der Waals surface area contributed by atoms with Crippen LogP contribution in [0.5, 0.6) is 5.75 Å². The number of aromatic hydroxyl groups is 1. The molecule has 1 aliphatic heterocycles. The minimum Gasteiger partial charge on any atom is -0.508 e. The molecule has 1 fully saturated rings. The highest BCUT2D eigenvalue weighted by Gasteiger charge is 2.33. The van der Waals surface area contributed by atoms with Crippen LogP contribution in [-0.2, 0) is 4.79 Å². The van der Waals surface area contributed by atoms with Crippen molar-refractivity contribution in [2.45, 2.75) is 39.5 Å². The van der Waals surface area contributed by atoms with Crippen LogP contribution < -0.4 is 0 Å². The Morgan fingerprint density at radius 1 is 1.39 bits per heavy atom. The maximum Gasteiger partial charge on any atom is 0.266 e. The molecule has 1 saturated heterocycles. The van der Waals surface area contributed by atoms with Crippen LogP contribution in [0.1, 0.15) is 45.1 Å². The number of carbonyl (C=O) groups excluding carboxylic acids is 1. The Bertz CT molecular complexity index is 613. The van der Waals surface area contributed by atoms with Crippen molar-refractivity contribution in [1.82, 2.24) is 4.90 Å². The standard InChI is InChI=1S/C18H23NO2S2/c1-3-5-7-13(4-2)12-19-17(21)16(23-18(19)22)11-14-8-6-9-15(20)10-14/h6,8-11,13,20H,3-5,7,12H2,1-2H3/b16-11+/t13-/m0/s1. The summed E-state index contributed by atoms with van der Waals surface area (Å²) in [7, 11) is 0. The van der Waals surface area contributed by atoms with Gasteiger partial charge in [-0.1, -0.05) is 69.2 Å². The van der Waals surface area contributed by atoms with Gasteiger partial charge in [0.2, 0.25) is 0 Å². The predicted octanol–water partition coefficient (Wildman–Crippen LogP) is 4.81. The Hall–Kier alpha value is -1.33. The molecule has 0 radical (unpaired) electrons. The van der Waals surface area contributed by atoms with Gasteiger partial charge in [-0.15, -0.1) is 0 Å². The summed E-state index contributed by atoms with van der Waals surface area (Å²) < 4.78 is 0.636. The number of unbranched alkanes of at least 4 members (excludes halogenated alkanes) is 1. The molecule has 5 heteroatoms. The maximum absolute atomic E-state index is 12.6. The van der Waals surface area contributed by atoms with Crippen molar-refractivity contribution in [2.24, 2.45) is 5.92 Å². The van der Waals surface area contributed by atoms with E-state index in [4.69, 9.17) is 12.2 Å². The van der Waals surface area contributed by atoms with Gasteiger partial charge in [0.05, 0.1) is 4.91 Å². The van der Waals surface area contributed by atoms with E-state index in [9.17, 15) is 9.90 Å². The Labute approximate surface area is 147 Å². The van der Waals surface area contributed by atoms with E-state index in [1.165, 1.54) is 24.6 Å². The van der Waals surface area contributed by atoms with Gasteiger partial charge < -0.3 is 5.11 Å². The average molecular weight is 350 g/mol. The Balaban J connectivity index is 2.10. The van der Waals surface area contributed by atoms with Crippen molar-refractivity contribution < 1.29 is 9.90 Å². The van der Waals surface area contributed by atoms with E-state index in [-0.39, 0.29) is 11.7 Å². The van der Waals surface area contributed by atoms with E-state index in [0.29, 0.717) is 21.7 Å². The molecule has 0 saturated carbocycles. The Morgan fingerprint density at radius 2 is 2.17 bits per heavy atom. The Kier molecular flexibility index (Phi) is 6.66. The molecular formula is C18H23NO2S2. The molecule has 1 aromatic carbocycles. The monoisotopic (exact) mass is 349 g/mol. The van der Waals surface area contributed by atoms with E-state index < -0.39 is 0 Å². The average Bonchev–Trinajstić information content (AvgIpc) is 2.78. The molecule has 3 nitrogen and oxygen atoms in total. The fourth-order valence-electron chi connectivity index (χ4n) is 2.60. The minimum atomic E-state index is -0.0155. The zero-order valence-electron chi connectivity index (χ0n) is 13.6. The molecule has 23 heavy (non-hydrogen) atoms. The van der Waals surface area contributed by atoms with Gasteiger partial charge in [0.15, 0.2) is 0 Å². The van der Waals surface area contributed by atoms with Crippen LogP contribution in [0.2, 0.25) is 0 Å². The summed E-state index contributed by atoms with van der Waals surface area (Å²) in [5.74, 6) is 0.677. The normalized spacial score (nSPS) is 18.0. The number of hydrogen-bond acceptors (Lipinski definition) is 4. The largest absolute Gasteiger partial charge is 0.508 e. The quantitative estimate of drug-likeness (QED) is 0.566. The number of nitrogens with zero attached hydrogens (tertiary/aromatic N) is 1. The highest BCUT2D eigenvalue weighted by molar-refractivity contribution is 8.26. The molecule has 124 valence electrons. The van der Waals surface area contributed by atoms with Crippen LogP contribution in [0, 0.1) is 5.92 Å². The van der Waals surface area contributed by atoms with Gasteiger partial charge in [-0.25, -0.2) is 0 Å². The number of hydrogen-bond donors (Lipinski definition) is 1. The molecule has 1 N–H and O–H groups in total. The number of carbonyl (C=O) groups is 1. The van der Waals surface area contributed by atoms with Crippen LogP contribution in [0.25, 0.3) is 6.08 Å². The van der Waals surface area contributed by atoms with Gasteiger partial charge in [-0.05, 0) is 36.1 Å². The minimum absolute atomic E-state index is 0.0155. The molecule has 1 aromatic rings. The number of benzene rings is 1. The third kappa shape index (κ3) is 4.82. The predicted molar refractivity (Wildman–Crippen MR) is 101 cm³/mol. The Morgan fingerprint density at radius 3 is 2.83 bits per heavy atom. The molecule has 0 aromatic heterocycles. The first-order chi connectivity index (χ1) is 11.0. The van der Waals surface area contributed by atoms with Crippen molar-refractivity contribution in [3.63, 3.8) is 0 Å². The van der Waals surface area contributed by atoms with Gasteiger partial charge >= 0.3 is 0 Å². The number of phenols is 1. The van der Waals surface area contributed by atoms with Crippen LogP contribution in [0.15, 0.2) is 29.2 Å². The summed E-state index contributed by atoms with van der Waals surface area (Å²) in [6, 6.07) is 6.88. The van der Waals surface area contributed by atoms with E-state index in [0.717, 1.165) is 18.4 Å². The molecule has 0 aliphatic carbocycles. The third-order valence-corrected chi connectivity index (χ3v) is 5.40. The fraction of sp³-hybridized carbons (Fsp3) is 0.444. The summed E-state index contributed by atoms with van der Waals surface area (Å²) in [6.07, 6.45) is 6.35. The SMILES string of the molecule is CCCC[C@H](CC)CN1C(=O)/C(=C\c2cccc(O)c2)SC1=S. The number of phenolic OH excluding ortho intramolecular Hbond substituents is 1. The summed E-state index contributed by atoms with van der Waals surface area (Å²) in [5, 5.41) is 9.53. The molecule has 1 heterocycles. The number of thioether (sulfide) groups is 1. The van der Waals surface area contributed by atoms with E-state index in [1.807, 2.05) is 6.07 Å². The molecule has 0 unspecified atom stereocenters. The number of thiocarbonyl (C=S) groups is 1. The lowest BCUT2D eigenvalue weighted by Crippen LogP contribution is -2.33. The smallest absolute Gasteiger partial charge is 0.266 e.